The molecule has 5 heteroatoms. The van der Waals surface area contributed by atoms with E-state index < -0.39 is 0 Å². The topological polar surface area (TPSA) is 71.3 Å². The van der Waals surface area contributed by atoms with Crippen LogP contribution in [-0.2, 0) is 4.74 Å². The van der Waals surface area contributed by atoms with Crippen LogP contribution in [0.3, 0.4) is 0 Å². The van der Waals surface area contributed by atoms with Crippen molar-refractivity contribution in [2.45, 2.75) is 32.6 Å². The molecule has 5 nitrogen and oxygen atoms in total. The van der Waals surface area contributed by atoms with E-state index in [1.165, 1.54) is 0 Å². The molecule has 1 N–H and O–H groups in total. The molecule has 0 radical (unpaired) electrons. The molecule has 0 aromatic heterocycles. The first-order valence-corrected chi connectivity index (χ1v) is 7.55. The number of carbonyl (C=O) groups excluding carboxylic acids is 1. The van der Waals surface area contributed by atoms with Crippen LogP contribution in [0.2, 0.25) is 0 Å². The average molecular weight is 300 g/mol. The number of nitrogens with zero attached hydrogens (tertiary/aromatic N) is 1. The highest BCUT2D eigenvalue weighted by Gasteiger charge is 2.18. The van der Waals surface area contributed by atoms with E-state index in [0.717, 1.165) is 25.0 Å². The van der Waals surface area contributed by atoms with Crippen LogP contribution in [0.25, 0.3) is 0 Å². The van der Waals surface area contributed by atoms with E-state index in [-0.39, 0.29) is 11.8 Å². The first kappa shape index (κ1) is 15.9. The quantitative estimate of drug-likeness (QED) is 0.785. The van der Waals surface area contributed by atoms with Crippen molar-refractivity contribution < 1.29 is 14.3 Å². The van der Waals surface area contributed by atoms with Gasteiger partial charge in [0.15, 0.2) is 0 Å². The van der Waals surface area contributed by atoms with Crippen LogP contribution in [0.4, 0.5) is 0 Å². The first-order valence-electron chi connectivity index (χ1n) is 7.55. The second-order valence-electron chi connectivity index (χ2n) is 5.05. The predicted octanol–water partition coefficient (Wildman–Crippen LogP) is 3.14. The molecule has 1 aliphatic rings. The minimum atomic E-state index is -0.290. The van der Waals surface area contributed by atoms with E-state index in [9.17, 15) is 4.79 Å². The number of rotatable bonds is 7. The Balaban J connectivity index is 1.90. The standard InChI is InChI=1S/C17H20N2O3/c1-2-3-4-10-21-15-7-5-13(6-8-15)16(20)19-17-14(12-18)9-11-22-17/h5-8H,2-4,9-11H2,1H3,(H,19,20). The van der Waals surface area contributed by atoms with Gasteiger partial charge in [0, 0.05) is 12.0 Å². The van der Waals surface area contributed by atoms with Crippen LogP contribution in [0, 0.1) is 11.3 Å². The Hall–Kier alpha value is -2.48. The van der Waals surface area contributed by atoms with Gasteiger partial charge in [-0.15, -0.1) is 0 Å². The van der Waals surface area contributed by atoms with Gasteiger partial charge in [-0.05, 0) is 30.7 Å². The predicted molar refractivity (Wildman–Crippen MR) is 82.1 cm³/mol. The molecule has 1 heterocycles. The zero-order valence-electron chi connectivity index (χ0n) is 12.7. The van der Waals surface area contributed by atoms with Crippen LogP contribution in [0.5, 0.6) is 5.75 Å². The molecule has 1 amide bonds. The fourth-order valence-corrected chi connectivity index (χ4v) is 2.09. The van der Waals surface area contributed by atoms with Crippen molar-refractivity contribution >= 4 is 5.91 Å². The van der Waals surface area contributed by atoms with Crippen LogP contribution >= 0.6 is 0 Å². The van der Waals surface area contributed by atoms with Crippen molar-refractivity contribution in [3.8, 4) is 11.8 Å². The van der Waals surface area contributed by atoms with Gasteiger partial charge in [0.2, 0.25) is 5.88 Å². The third kappa shape index (κ3) is 4.26. The molecule has 0 aliphatic carbocycles. The van der Waals surface area contributed by atoms with E-state index >= 15 is 0 Å². The number of carbonyl (C=O) groups is 1. The zero-order valence-corrected chi connectivity index (χ0v) is 12.7. The van der Waals surface area contributed by atoms with E-state index in [1.807, 2.05) is 6.07 Å². The van der Waals surface area contributed by atoms with Crippen LogP contribution in [-0.4, -0.2) is 19.1 Å². The second kappa shape index (κ2) is 8.08. The van der Waals surface area contributed by atoms with Gasteiger partial charge < -0.3 is 9.47 Å². The molecule has 0 atom stereocenters. The molecule has 0 saturated heterocycles. The van der Waals surface area contributed by atoms with Gasteiger partial charge in [-0.1, -0.05) is 19.8 Å². The minimum absolute atomic E-state index is 0.271. The third-order valence-electron chi connectivity index (χ3n) is 3.37. The average Bonchev–Trinajstić information content (AvgIpc) is 2.99. The fourth-order valence-electron chi connectivity index (χ4n) is 2.09. The Morgan fingerprint density at radius 1 is 1.36 bits per heavy atom. The van der Waals surface area contributed by atoms with Gasteiger partial charge in [0.05, 0.1) is 18.8 Å². The molecule has 0 fully saturated rings. The summed E-state index contributed by atoms with van der Waals surface area (Å²) in [6.07, 6.45) is 3.87. The maximum absolute atomic E-state index is 12.1. The molecule has 0 bridgehead atoms. The van der Waals surface area contributed by atoms with Crippen molar-refractivity contribution in [3.05, 3.63) is 41.3 Å². The summed E-state index contributed by atoms with van der Waals surface area (Å²) in [5.41, 5.74) is 0.977. The van der Waals surface area contributed by atoms with Crippen LogP contribution < -0.4 is 10.1 Å². The molecular weight excluding hydrogens is 280 g/mol. The molecule has 1 aromatic rings. The summed E-state index contributed by atoms with van der Waals surface area (Å²) in [6, 6.07) is 8.98. The summed E-state index contributed by atoms with van der Waals surface area (Å²) in [4.78, 5) is 12.1. The minimum Gasteiger partial charge on any atom is -0.494 e. The zero-order chi connectivity index (χ0) is 15.8. The number of ether oxygens (including phenoxy) is 2. The number of amides is 1. The first-order chi connectivity index (χ1) is 10.7. The van der Waals surface area contributed by atoms with Crippen LogP contribution in [0.1, 0.15) is 43.0 Å². The molecule has 0 saturated carbocycles. The maximum atomic E-state index is 12.1. The van der Waals surface area contributed by atoms with Gasteiger partial charge >= 0.3 is 0 Å². The van der Waals surface area contributed by atoms with Gasteiger partial charge in [-0.25, -0.2) is 0 Å². The Morgan fingerprint density at radius 2 is 2.14 bits per heavy atom. The monoisotopic (exact) mass is 300 g/mol. The lowest BCUT2D eigenvalue weighted by atomic mass is 10.2. The Labute approximate surface area is 130 Å². The van der Waals surface area contributed by atoms with Crippen molar-refractivity contribution in [2.24, 2.45) is 0 Å². The molecule has 116 valence electrons. The van der Waals surface area contributed by atoms with Gasteiger partial charge in [0.1, 0.15) is 11.8 Å². The Morgan fingerprint density at radius 3 is 2.82 bits per heavy atom. The highest BCUT2D eigenvalue weighted by molar-refractivity contribution is 5.95. The second-order valence-corrected chi connectivity index (χ2v) is 5.05. The highest BCUT2D eigenvalue weighted by Crippen LogP contribution is 2.17. The van der Waals surface area contributed by atoms with E-state index in [2.05, 4.69) is 12.2 Å². The van der Waals surface area contributed by atoms with E-state index in [1.54, 1.807) is 24.3 Å². The largest absolute Gasteiger partial charge is 0.494 e. The number of benzene rings is 1. The van der Waals surface area contributed by atoms with E-state index in [0.29, 0.717) is 30.8 Å². The molecule has 22 heavy (non-hydrogen) atoms. The number of nitrogens with one attached hydrogen (secondary N) is 1. The summed E-state index contributed by atoms with van der Waals surface area (Å²) in [5, 5.41) is 11.6. The van der Waals surface area contributed by atoms with Gasteiger partial charge in [-0.3, -0.25) is 10.1 Å². The lowest BCUT2D eigenvalue weighted by Crippen LogP contribution is -2.23. The molecular formula is C17H20N2O3. The van der Waals surface area contributed by atoms with Gasteiger partial charge in [0.25, 0.3) is 5.91 Å². The Kier molecular flexibility index (Phi) is 5.84. The number of hydrogen-bond acceptors (Lipinski definition) is 4. The number of unbranched alkanes of at least 4 members (excludes halogenated alkanes) is 2. The smallest absolute Gasteiger partial charge is 0.257 e. The maximum Gasteiger partial charge on any atom is 0.257 e. The molecule has 0 unspecified atom stereocenters. The summed E-state index contributed by atoms with van der Waals surface area (Å²) in [6.45, 7) is 3.27. The third-order valence-corrected chi connectivity index (χ3v) is 3.37. The summed E-state index contributed by atoms with van der Waals surface area (Å²) in [7, 11) is 0. The molecule has 1 aromatic carbocycles. The van der Waals surface area contributed by atoms with Crippen molar-refractivity contribution in [3.63, 3.8) is 0 Å². The summed E-state index contributed by atoms with van der Waals surface area (Å²) in [5.74, 6) is 0.733. The molecule has 2 rings (SSSR count). The normalized spacial score (nSPS) is 13.5. The van der Waals surface area contributed by atoms with Crippen molar-refractivity contribution in [1.82, 2.24) is 5.32 Å². The molecule has 1 aliphatic heterocycles. The lowest BCUT2D eigenvalue weighted by Gasteiger charge is -2.08. The number of hydrogen-bond donors (Lipinski definition) is 1. The van der Waals surface area contributed by atoms with Crippen LogP contribution in [0.15, 0.2) is 35.7 Å². The Bertz CT molecular complexity index is 585. The highest BCUT2D eigenvalue weighted by atomic mass is 16.5. The van der Waals surface area contributed by atoms with Crippen molar-refractivity contribution in [1.29, 1.82) is 5.26 Å². The summed E-state index contributed by atoms with van der Waals surface area (Å²) < 4.78 is 10.9. The fraction of sp³-hybridized carbons (Fsp3) is 0.412. The number of nitriles is 1. The molecule has 0 spiro atoms. The SMILES string of the molecule is CCCCCOc1ccc(C(=O)NC2=C(C#N)CCO2)cc1. The van der Waals surface area contributed by atoms with Gasteiger partial charge in [-0.2, -0.15) is 5.26 Å². The summed E-state index contributed by atoms with van der Waals surface area (Å²) >= 11 is 0. The van der Waals surface area contributed by atoms with E-state index in [4.69, 9.17) is 14.7 Å². The lowest BCUT2D eigenvalue weighted by molar-refractivity contribution is 0.0930. The van der Waals surface area contributed by atoms with Crippen molar-refractivity contribution in [2.75, 3.05) is 13.2 Å².